The molecule has 0 heterocycles. The highest BCUT2D eigenvalue weighted by molar-refractivity contribution is 5.80. The second kappa shape index (κ2) is 5.70. The highest BCUT2D eigenvalue weighted by atomic mass is 16.4. The van der Waals surface area contributed by atoms with Gasteiger partial charge < -0.3 is 15.5 Å². The molecule has 0 radical (unpaired) electrons. The lowest BCUT2D eigenvalue weighted by molar-refractivity contribution is -0.146. The van der Waals surface area contributed by atoms with E-state index in [1.54, 1.807) is 0 Å². The number of carboxylic acid groups (broad SMARTS) is 2. The lowest BCUT2D eigenvalue weighted by Crippen LogP contribution is -2.43. The van der Waals surface area contributed by atoms with Crippen LogP contribution in [0.5, 0.6) is 0 Å². The van der Waals surface area contributed by atoms with E-state index in [4.69, 9.17) is 10.2 Å². The highest BCUT2D eigenvalue weighted by Gasteiger charge is 2.23. The van der Waals surface area contributed by atoms with Gasteiger partial charge in [0.25, 0.3) is 0 Å². The molecular formula is C10H19NO4. The third kappa shape index (κ3) is 6.06. The van der Waals surface area contributed by atoms with Gasteiger partial charge in [-0.1, -0.05) is 20.8 Å². The van der Waals surface area contributed by atoms with Gasteiger partial charge in [-0.3, -0.25) is 9.59 Å². The molecule has 0 rings (SSSR count). The van der Waals surface area contributed by atoms with Gasteiger partial charge in [-0.05, 0) is 11.8 Å². The van der Waals surface area contributed by atoms with Crippen molar-refractivity contribution in [1.29, 1.82) is 0 Å². The minimum atomic E-state index is -1.12. The molecule has 3 N–H and O–H groups in total. The first-order chi connectivity index (χ1) is 6.78. The molecule has 0 spiro atoms. The summed E-state index contributed by atoms with van der Waals surface area (Å²) in [7, 11) is 0. The second-order valence-electron chi connectivity index (χ2n) is 4.39. The highest BCUT2D eigenvalue weighted by Crippen LogP contribution is 2.18. The number of carbonyl (C=O) groups is 2. The van der Waals surface area contributed by atoms with Gasteiger partial charge in [0.05, 0.1) is 6.42 Å². The van der Waals surface area contributed by atoms with Crippen molar-refractivity contribution in [2.45, 2.75) is 39.7 Å². The van der Waals surface area contributed by atoms with Crippen molar-refractivity contribution >= 4 is 11.9 Å². The summed E-state index contributed by atoms with van der Waals surface area (Å²) in [6, 6.07) is -1.01. The molecule has 5 nitrogen and oxygen atoms in total. The predicted octanol–water partition coefficient (Wildman–Crippen LogP) is 0.940. The van der Waals surface area contributed by atoms with Crippen molar-refractivity contribution in [3.8, 4) is 0 Å². The van der Waals surface area contributed by atoms with Gasteiger partial charge in [-0.2, -0.15) is 0 Å². The van der Waals surface area contributed by atoms with Crippen LogP contribution >= 0.6 is 0 Å². The molecule has 0 saturated heterocycles. The standard InChI is InChI=1S/C10H19NO4/c1-4-10(2,3)6-11-7(9(14)15)5-8(12)13/h7,11H,4-6H2,1-3H3,(H,12,13)(H,14,15). The fourth-order valence-electron chi connectivity index (χ4n) is 0.946. The molecule has 0 aliphatic rings. The molecule has 0 aliphatic heterocycles. The van der Waals surface area contributed by atoms with Gasteiger partial charge in [0, 0.05) is 6.54 Å². The van der Waals surface area contributed by atoms with E-state index in [1.165, 1.54) is 0 Å². The summed E-state index contributed by atoms with van der Waals surface area (Å²) in [6.07, 6.45) is 0.508. The van der Waals surface area contributed by atoms with Gasteiger partial charge in [0.1, 0.15) is 6.04 Å². The van der Waals surface area contributed by atoms with Crippen molar-refractivity contribution < 1.29 is 19.8 Å². The van der Waals surface area contributed by atoms with Crippen LogP contribution in [-0.4, -0.2) is 34.7 Å². The summed E-state index contributed by atoms with van der Waals surface area (Å²) >= 11 is 0. The largest absolute Gasteiger partial charge is 0.481 e. The van der Waals surface area contributed by atoms with E-state index < -0.39 is 24.4 Å². The Labute approximate surface area is 89.5 Å². The number of carboxylic acids is 2. The average molecular weight is 217 g/mol. The van der Waals surface area contributed by atoms with Gasteiger partial charge in [-0.25, -0.2) is 0 Å². The Hall–Kier alpha value is -1.10. The predicted molar refractivity (Wildman–Crippen MR) is 55.8 cm³/mol. The average Bonchev–Trinajstić information content (AvgIpc) is 2.11. The van der Waals surface area contributed by atoms with Crippen LogP contribution in [0.4, 0.5) is 0 Å². The number of rotatable bonds is 7. The van der Waals surface area contributed by atoms with Crippen molar-refractivity contribution in [3.63, 3.8) is 0 Å². The Morgan fingerprint density at radius 2 is 1.87 bits per heavy atom. The SMILES string of the molecule is CCC(C)(C)CNC(CC(=O)O)C(=O)O. The smallest absolute Gasteiger partial charge is 0.321 e. The van der Waals surface area contributed by atoms with E-state index in [9.17, 15) is 9.59 Å². The molecule has 0 amide bonds. The van der Waals surface area contributed by atoms with Crippen LogP contribution in [-0.2, 0) is 9.59 Å². The third-order valence-electron chi connectivity index (χ3n) is 2.46. The van der Waals surface area contributed by atoms with E-state index in [-0.39, 0.29) is 5.41 Å². The van der Waals surface area contributed by atoms with E-state index in [2.05, 4.69) is 5.32 Å². The van der Waals surface area contributed by atoms with Crippen LogP contribution in [0.2, 0.25) is 0 Å². The summed E-state index contributed by atoms with van der Waals surface area (Å²) in [5, 5.41) is 20.0. The van der Waals surface area contributed by atoms with Crippen LogP contribution in [0.25, 0.3) is 0 Å². The molecule has 1 atom stereocenters. The Morgan fingerprint density at radius 1 is 1.33 bits per heavy atom. The fraction of sp³-hybridized carbons (Fsp3) is 0.800. The second-order valence-corrected chi connectivity index (χ2v) is 4.39. The van der Waals surface area contributed by atoms with E-state index in [0.29, 0.717) is 6.54 Å². The van der Waals surface area contributed by atoms with Crippen LogP contribution in [0.15, 0.2) is 0 Å². The fourth-order valence-corrected chi connectivity index (χ4v) is 0.946. The summed E-state index contributed by atoms with van der Waals surface area (Å²) in [5.41, 5.74) is -0.0216. The normalized spacial score (nSPS) is 13.5. The quantitative estimate of drug-likeness (QED) is 0.590. The van der Waals surface area contributed by atoms with Gasteiger partial charge in [0.15, 0.2) is 0 Å². The minimum absolute atomic E-state index is 0.0216. The molecule has 1 unspecified atom stereocenters. The zero-order valence-corrected chi connectivity index (χ0v) is 9.41. The molecular weight excluding hydrogens is 198 g/mol. The maximum absolute atomic E-state index is 10.7. The Balaban J connectivity index is 4.19. The molecule has 88 valence electrons. The molecule has 0 aromatic rings. The first kappa shape index (κ1) is 13.9. The monoisotopic (exact) mass is 217 g/mol. The van der Waals surface area contributed by atoms with E-state index >= 15 is 0 Å². The van der Waals surface area contributed by atoms with E-state index in [0.717, 1.165) is 6.42 Å². The molecule has 0 aliphatic carbocycles. The van der Waals surface area contributed by atoms with Crippen molar-refractivity contribution in [1.82, 2.24) is 5.32 Å². The zero-order chi connectivity index (χ0) is 12.1. The van der Waals surface area contributed by atoms with Crippen LogP contribution in [0, 0.1) is 5.41 Å². The minimum Gasteiger partial charge on any atom is -0.481 e. The molecule has 0 aromatic heterocycles. The van der Waals surface area contributed by atoms with Gasteiger partial charge in [0.2, 0.25) is 0 Å². The maximum atomic E-state index is 10.7. The molecule has 15 heavy (non-hydrogen) atoms. The Kier molecular flexibility index (Phi) is 5.28. The number of hydrogen-bond donors (Lipinski definition) is 3. The number of nitrogens with one attached hydrogen (secondary N) is 1. The van der Waals surface area contributed by atoms with Gasteiger partial charge in [-0.15, -0.1) is 0 Å². The summed E-state index contributed by atoms with van der Waals surface area (Å²) in [6.45, 7) is 6.50. The molecule has 5 heteroatoms. The van der Waals surface area contributed by atoms with E-state index in [1.807, 2.05) is 20.8 Å². The van der Waals surface area contributed by atoms with Crippen molar-refractivity contribution in [3.05, 3.63) is 0 Å². The van der Waals surface area contributed by atoms with Crippen LogP contribution in [0.3, 0.4) is 0 Å². The molecule has 0 saturated carbocycles. The summed E-state index contributed by atoms with van der Waals surface area (Å²) in [5.74, 6) is -2.23. The van der Waals surface area contributed by atoms with Crippen LogP contribution < -0.4 is 5.32 Å². The topological polar surface area (TPSA) is 86.6 Å². The summed E-state index contributed by atoms with van der Waals surface area (Å²) < 4.78 is 0. The lowest BCUT2D eigenvalue weighted by atomic mass is 9.90. The summed E-state index contributed by atoms with van der Waals surface area (Å²) in [4.78, 5) is 21.1. The van der Waals surface area contributed by atoms with Crippen molar-refractivity contribution in [2.24, 2.45) is 5.41 Å². The first-order valence-corrected chi connectivity index (χ1v) is 4.96. The Morgan fingerprint density at radius 3 is 2.20 bits per heavy atom. The van der Waals surface area contributed by atoms with Crippen LogP contribution in [0.1, 0.15) is 33.6 Å². The third-order valence-corrected chi connectivity index (χ3v) is 2.46. The lowest BCUT2D eigenvalue weighted by Gasteiger charge is -2.25. The molecule has 0 bridgehead atoms. The molecule has 0 aromatic carbocycles. The number of hydrogen-bond acceptors (Lipinski definition) is 3. The maximum Gasteiger partial charge on any atom is 0.321 e. The van der Waals surface area contributed by atoms with Crippen molar-refractivity contribution in [2.75, 3.05) is 6.54 Å². The molecule has 0 fully saturated rings. The Bertz CT molecular complexity index is 238. The zero-order valence-electron chi connectivity index (χ0n) is 9.41. The number of aliphatic carboxylic acids is 2. The first-order valence-electron chi connectivity index (χ1n) is 4.96. The van der Waals surface area contributed by atoms with Gasteiger partial charge >= 0.3 is 11.9 Å².